The Labute approximate surface area is 237 Å². The number of amides is 4. The number of nitrogens with zero attached hydrogens (tertiary/aromatic N) is 2. The number of allylic oxidation sites excluding steroid dienone is 2. The number of rotatable bonds is 3. The summed E-state index contributed by atoms with van der Waals surface area (Å²) in [4.78, 5) is 52.2. The molecule has 2 aromatic rings. The minimum atomic E-state index is -2.06. The van der Waals surface area contributed by atoms with Gasteiger partial charge in [0.2, 0.25) is 11.8 Å². The van der Waals surface area contributed by atoms with E-state index in [4.69, 9.17) is 23.2 Å². The lowest BCUT2D eigenvalue weighted by Crippen LogP contribution is -2.60. The highest BCUT2D eigenvalue weighted by Crippen LogP contribution is 2.65. The fraction of sp³-hybridized carbons (Fsp3) is 0.333. The third kappa shape index (κ3) is 3.35. The molecule has 6 rings (SSSR count). The van der Waals surface area contributed by atoms with Crippen LogP contribution in [0.4, 0.5) is 10.1 Å². The number of phenols is 1. The number of benzene rings is 2. The second-order valence-corrected chi connectivity index (χ2v) is 11.9. The monoisotopic (exact) mass is 586 g/mol. The normalized spacial score (nSPS) is 33.1. The van der Waals surface area contributed by atoms with Crippen molar-refractivity contribution in [3.05, 3.63) is 65.5 Å². The van der Waals surface area contributed by atoms with E-state index in [0.717, 1.165) is 21.9 Å². The van der Waals surface area contributed by atoms with Crippen molar-refractivity contribution in [2.45, 2.75) is 28.5 Å². The Balaban J connectivity index is 1.50. The van der Waals surface area contributed by atoms with Gasteiger partial charge in [0, 0.05) is 13.0 Å². The topological polar surface area (TPSA) is 135 Å². The first-order chi connectivity index (χ1) is 18.8. The largest absolute Gasteiger partial charge is 0.505 e. The molecule has 6 atom stereocenters. The van der Waals surface area contributed by atoms with Crippen LogP contribution in [0.15, 0.2) is 54.1 Å². The molecule has 0 bridgehead atoms. The fourth-order valence-electron chi connectivity index (χ4n) is 6.90. The molecule has 1 saturated carbocycles. The quantitative estimate of drug-likeness (QED) is 0.214. The molecule has 2 heterocycles. The third-order valence-corrected chi connectivity index (χ3v) is 10.2. The molecule has 2 aliphatic heterocycles. The van der Waals surface area contributed by atoms with Crippen LogP contribution >= 0.6 is 23.2 Å². The first-order valence-corrected chi connectivity index (χ1v) is 13.3. The minimum absolute atomic E-state index is 0.0867. The van der Waals surface area contributed by atoms with E-state index in [1.165, 1.54) is 37.4 Å². The SMILES string of the molecule is CN1C(=O)[C@]2(Cl)C[C@@H]3C(=CC[C@@H]4C(=O)N(c5cccc(B(O)O)c5)C(=O)[C@@H]43)[C@H](c3ccc(O)c(F)c3)[C@]2(Cl)C1=O. The smallest absolute Gasteiger partial charge is 0.488 e. The van der Waals surface area contributed by atoms with Gasteiger partial charge >= 0.3 is 7.12 Å². The van der Waals surface area contributed by atoms with Crippen LogP contribution in [0.1, 0.15) is 24.3 Å². The molecule has 0 radical (unpaired) electrons. The van der Waals surface area contributed by atoms with Crippen LogP contribution in [0.5, 0.6) is 5.75 Å². The molecule has 3 N–H and O–H groups in total. The molecular formula is C27H22BCl2FN2O7. The average molecular weight is 587 g/mol. The Kier molecular flexibility index (Phi) is 5.98. The van der Waals surface area contributed by atoms with E-state index in [0.29, 0.717) is 5.57 Å². The van der Waals surface area contributed by atoms with E-state index in [1.54, 1.807) is 6.08 Å². The van der Waals surface area contributed by atoms with Gasteiger partial charge in [0.15, 0.2) is 21.3 Å². The highest BCUT2D eigenvalue weighted by Gasteiger charge is 2.75. The van der Waals surface area contributed by atoms with E-state index in [9.17, 15) is 38.7 Å². The maximum Gasteiger partial charge on any atom is 0.488 e. The zero-order valence-corrected chi connectivity index (χ0v) is 22.4. The van der Waals surface area contributed by atoms with Crippen molar-refractivity contribution in [3.63, 3.8) is 0 Å². The van der Waals surface area contributed by atoms with E-state index in [2.05, 4.69) is 0 Å². The number of halogens is 3. The highest BCUT2D eigenvalue weighted by atomic mass is 35.5. The average Bonchev–Trinajstić information content (AvgIpc) is 3.25. The maximum atomic E-state index is 14.6. The van der Waals surface area contributed by atoms with Crippen molar-refractivity contribution in [1.82, 2.24) is 4.90 Å². The first-order valence-electron chi connectivity index (χ1n) is 12.6. The van der Waals surface area contributed by atoms with Crippen LogP contribution in [0.25, 0.3) is 0 Å². The number of imide groups is 2. The zero-order chi connectivity index (χ0) is 28.9. The Hall–Kier alpha value is -3.25. The van der Waals surface area contributed by atoms with Gasteiger partial charge in [-0.1, -0.05) is 29.8 Å². The molecule has 13 heteroatoms. The highest BCUT2D eigenvalue weighted by molar-refractivity contribution is 6.58. The molecule has 0 unspecified atom stereocenters. The number of fused-ring (bicyclic) bond motifs is 4. The zero-order valence-electron chi connectivity index (χ0n) is 20.9. The summed E-state index contributed by atoms with van der Waals surface area (Å²) < 4.78 is 14.6. The number of anilines is 1. The molecule has 2 aromatic carbocycles. The summed E-state index contributed by atoms with van der Waals surface area (Å²) in [5.41, 5.74) is 0.906. The van der Waals surface area contributed by atoms with Crippen molar-refractivity contribution in [2.75, 3.05) is 11.9 Å². The van der Waals surface area contributed by atoms with Gasteiger partial charge in [0.05, 0.1) is 17.5 Å². The predicted octanol–water partition coefficient (Wildman–Crippen LogP) is 1.40. The molecule has 4 aliphatic rings. The van der Waals surface area contributed by atoms with E-state index in [-0.39, 0.29) is 29.6 Å². The van der Waals surface area contributed by atoms with Crippen LogP contribution in [0, 0.1) is 23.6 Å². The van der Waals surface area contributed by atoms with Crippen molar-refractivity contribution >= 4 is 65.1 Å². The van der Waals surface area contributed by atoms with Gasteiger partial charge in [-0.05, 0) is 54.1 Å². The van der Waals surface area contributed by atoms with Crippen molar-refractivity contribution < 1.29 is 38.7 Å². The summed E-state index contributed by atoms with van der Waals surface area (Å²) in [5, 5.41) is 29.0. The molecule has 3 fully saturated rings. The van der Waals surface area contributed by atoms with Crippen molar-refractivity contribution in [1.29, 1.82) is 0 Å². The van der Waals surface area contributed by atoms with Gasteiger partial charge in [-0.3, -0.25) is 29.0 Å². The number of carbonyl (C=O) groups excluding carboxylic acids is 4. The van der Waals surface area contributed by atoms with Crippen LogP contribution in [-0.4, -0.2) is 67.6 Å². The standard InChI is InChI=1S/C27H22BCl2FN2O7/c1-32-24(37)26(29)11-17-15(21(27(26,30)25(32)38)12-5-8-19(34)18(31)9-12)6-7-16-20(17)23(36)33(22(16)35)14-4-2-3-13(10-14)28(39)40/h2-6,8-10,16-17,20-21,34,39-40H,7,11H2,1H3/t16-,17+,20-,21-,26+,27-/m0/s1. The minimum Gasteiger partial charge on any atom is -0.505 e. The lowest BCUT2D eigenvalue weighted by molar-refractivity contribution is -0.138. The molecule has 9 nitrogen and oxygen atoms in total. The van der Waals surface area contributed by atoms with E-state index < -0.39 is 75.7 Å². The molecule has 0 aromatic heterocycles. The van der Waals surface area contributed by atoms with E-state index >= 15 is 0 Å². The van der Waals surface area contributed by atoms with Crippen molar-refractivity contribution in [2.24, 2.45) is 17.8 Å². The van der Waals surface area contributed by atoms with Gasteiger partial charge in [0.1, 0.15) is 0 Å². The second-order valence-electron chi connectivity index (χ2n) is 10.7. The van der Waals surface area contributed by atoms with Gasteiger partial charge in [-0.25, -0.2) is 4.39 Å². The summed E-state index contributed by atoms with van der Waals surface area (Å²) in [6, 6.07) is 9.26. The van der Waals surface area contributed by atoms with Crippen LogP contribution in [0.2, 0.25) is 0 Å². The number of likely N-dealkylation sites (tertiary alicyclic amines) is 1. The summed E-state index contributed by atoms with van der Waals surface area (Å²) in [5.74, 6) is -7.93. The van der Waals surface area contributed by atoms with Gasteiger partial charge in [-0.15, -0.1) is 23.2 Å². The number of hydrogen-bond acceptors (Lipinski definition) is 7. The summed E-state index contributed by atoms with van der Waals surface area (Å²) in [6.07, 6.45) is 1.59. The molecule has 206 valence electrons. The summed E-state index contributed by atoms with van der Waals surface area (Å²) >= 11 is 14.1. The molecule has 4 amide bonds. The Morgan fingerprint density at radius 2 is 1.73 bits per heavy atom. The second kappa shape index (κ2) is 8.88. The maximum absolute atomic E-state index is 14.6. The third-order valence-electron chi connectivity index (χ3n) is 8.75. The molecule has 2 aliphatic carbocycles. The number of hydrogen-bond donors (Lipinski definition) is 3. The Morgan fingerprint density at radius 1 is 1.00 bits per heavy atom. The molecular weight excluding hydrogens is 565 g/mol. The molecule has 40 heavy (non-hydrogen) atoms. The Bertz CT molecular complexity index is 1550. The predicted molar refractivity (Wildman–Crippen MR) is 142 cm³/mol. The summed E-state index contributed by atoms with van der Waals surface area (Å²) in [6.45, 7) is 0. The van der Waals surface area contributed by atoms with Crippen LogP contribution in [-0.2, 0) is 19.2 Å². The first kappa shape index (κ1) is 27.0. The van der Waals surface area contributed by atoms with Crippen LogP contribution in [0.3, 0.4) is 0 Å². The number of aromatic hydroxyl groups is 1. The Morgan fingerprint density at radius 3 is 2.40 bits per heavy atom. The molecule has 0 spiro atoms. The van der Waals surface area contributed by atoms with Gasteiger partial charge in [-0.2, -0.15) is 0 Å². The van der Waals surface area contributed by atoms with Crippen molar-refractivity contribution in [3.8, 4) is 5.75 Å². The number of alkyl halides is 2. The number of phenolic OH excluding ortho intramolecular Hbond substituents is 1. The fourth-order valence-corrected chi connectivity index (χ4v) is 7.92. The summed E-state index contributed by atoms with van der Waals surface area (Å²) in [7, 11) is -0.565. The van der Waals surface area contributed by atoms with E-state index in [1.807, 2.05) is 0 Å². The lowest BCUT2D eigenvalue weighted by atomic mass is 9.56. The number of carbonyl (C=O) groups is 4. The lowest BCUT2D eigenvalue weighted by Gasteiger charge is -2.50. The van der Waals surface area contributed by atoms with Gasteiger partial charge in [0.25, 0.3) is 11.8 Å². The van der Waals surface area contributed by atoms with Gasteiger partial charge < -0.3 is 15.2 Å². The molecule has 2 saturated heterocycles. The van der Waals surface area contributed by atoms with Crippen LogP contribution < -0.4 is 10.4 Å².